The number of rotatable bonds is 3. The molecule has 3 N–H and O–H groups in total. The number of aliphatic imine (C=N–C) groups is 1. The zero-order chi connectivity index (χ0) is 15.5. The molecule has 2 aliphatic heterocycles. The Morgan fingerprint density at radius 3 is 2.86 bits per heavy atom. The van der Waals surface area contributed by atoms with Gasteiger partial charge in [0.2, 0.25) is 5.91 Å². The Kier molecular flexibility index (Phi) is 4.74. The molecule has 22 heavy (non-hydrogen) atoms. The minimum absolute atomic E-state index is 0.0752. The van der Waals surface area contributed by atoms with E-state index in [2.05, 4.69) is 23.2 Å². The lowest BCUT2D eigenvalue weighted by atomic mass is 9.91. The van der Waals surface area contributed by atoms with Gasteiger partial charge in [-0.3, -0.25) is 9.79 Å². The number of carbonyl (C=O) groups is 1. The minimum atomic E-state index is -1.03. The molecular weight excluding hydrogens is 278 g/mol. The molecule has 1 amide bonds. The Bertz CT molecular complexity index is 506. The molecule has 0 spiro atoms. The molecule has 0 radical (unpaired) electrons. The number of carbonyl (C=O) groups excluding carboxylic acids is 1. The van der Waals surface area contributed by atoms with Gasteiger partial charge in [-0.1, -0.05) is 18.2 Å². The first-order chi connectivity index (χ1) is 10.7. The molecule has 4 atom stereocenters. The average Bonchev–Trinajstić information content (AvgIpc) is 2.98. The highest BCUT2D eigenvalue weighted by Gasteiger charge is 2.33. The summed E-state index contributed by atoms with van der Waals surface area (Å²) in [5.74, 6) is 0.236. The summed E-state index contributed by atoms with van der Waals surface area (Å²) in [7, 11) is 0. The third kappa shape index (κ3) is 3.15. The van der Waals surface area contributed by atoms with Crippen LogP contribution in [0, 0.1) is 5.92 Å². The molecule has 1 saturated heterocycles. The first kappa shape index (κ1) is 15.4. The van der Waals surface area contributed by atoms with Gasteiger partial charge in [0, 0.05) is 19.0 Å². The summed E-state index contributed by atoms with van der Waals surface area (Å²) in [5, 5.41) is 10.5. The Hall–Kier alpha value is -1.46. The van der Waals surface area contributed by atoms with E-state index in [9.17, 15) is 9.90 Å². The van der Waals surface area contributed by atoms with E-state index in [0.29, 0.717) is 11.6 Å². The second kappa shape index (κ2) is 6.75. The molecule has 2 unspecified atom stereocenters. The van der Waals surface area contributed by atoms with E-state index in [0.717, 1.165) is 38.8 Å². The molecule has 0 bridgehead atoms. The lowest BCUT2D eigenvalue weighted by molar-refractivity contribution is -0.133. The number of hydrogen-bond donors (Lipinski definition) is 2. The fraction of sp³-hybridized carbons (Fsp3) is 0.647. The Balaban J connectivity index is 1.69. The van der Waals surface area contributed by atoms with Crippen LogP contribution < -0.4 is 5.73 Å². The van der Waals surface area contributed by atoms with Gasteiger partial charge in [-0.25, -0.2) is 0 Å². The second-order valence-corrected chi connectivity index (χ2v) is 6.43. The molecule has 0 aromatic heterocycles. The normalized spacial score (nSPS) is 30.5. The summed E-state index contributed by atoms with van der Waals surface area (Å²) in [6.45, 7) is 1.49. The van der Waals surface area contributed by atoms with Crippen LogP contribution in [0.15, 0.2) is 29.3 Å². The average molecular weight is 303 g/mol. The summed E-state index contributed by atoms with van der Waals surface area (Å²) >= 11 is 0. The summed E-state index contributed by atoms with van der Waals surface area (Å²) in [6, 6.07) is -0.848. The van der Waals surface area contributed by atoms with Gasteiger partial charge in [-0.05, 0) is 38.2 Å². The van der Waals surface area contributed by atoms with Gasteiger partial charge in [0.25, 0.3) is 0 Å². The maximum Gasteiger partial charge on any atom is 0.242 e. The molecule has 1 fully saturated rings. The predicted octanol–water partition coefficient (Wildman–Crippen LogP) is 1.03. The highest BCUT2D eigenvalue weighted by molar-refractivity contribution is 6.03. The van der Waals surface area contributed by atoms with Crippen LogP contribution in [-0.4, -0.2) is 52.9 Å². The molecule has 0 aromatic carbocycles. The number of hydrogen-bond acceptors (Lipinski definition) is 4. The van der Waals surface area contributed by atoms with Crippen molar-refractivity contribution in [1.82, 2.24) is 4.90 Å². The maximum absolute atomic E-state index is 12.3. The summed E-state index contributed by atoms with van der Waals surface area (Å²) in [5.41, 5.74) is 6.53. The molecule has 5 nitrogen and oxygen atoms in total. The van der Waals surface area contributed by atoms with Crippen LogP contribution in [0.2, 0.25) is 0 Å². The zero-order valence-electron chi connectivity index (χ0n) is 12.9. The fourth-order valence-electron chi connectivity index (χ4n) is 3.45. The standard InChI is InChI=1S/C17H25N3O2/c18-15(17(22)20-10-4-5-11-20)16(21)14-9-8-12-6-2-1-3-7-13(12)19-14/h3,7-9,12-13,15-16,21H,1-2,4-6,10-11,18H2/t12?,13?,15-,16+/m1/s1. The fourth-order valence-corrected chi connectivity index (χ4v) is 3.45. The predicted molar refractivity (Wildman–Crippen MR) is 86.6 cm³/mol. The van der Waals surface area contributed by atoms with Gasteiger partial charge in [0.15, 0.2) is 0 Å². The van der Waals surface area contributed by atoms with Gasteiger partial charge < -0.3 is 15.7 Å². The number of amides is 1. The van der Waals surface area contributed by atoms with Gasteiger partial charge in [-0.2, -0.15) is 0 Å². The lowest BCUT2D eigenvalue weighted by Gasteiger charge is -2.27. The molecule has 3 rings (SSSR count). The molecule has 3 aliphatic rings. The first-order valence-electron chi connectivity index (χ1n) is 8.32. The molecule has 0 saturated carbocycles. The van der Waals surface area contributed by atoms with Crippen LogP contribution in [0.4, 0.5) is 0 Å². The number of nitrogens with zero attached hydrogens (tertiary/aromatic N) is 2. The largest absolute Gasteiger partial charge is 0.385 e. The number of dihydropyridines is 1. The van der Waals surface area contributed by atoms with Crippen molar-refractivity contribution < 1.29 is 9.90 Å². The van der Waals surface area contributed by atoms with Crippen molar-refractivity contribution in [2.24, 2.45) is 16.6 Å². The third-order valence-electron chi connectivity index (χ3n) is 4.84. The number of nitrogens with two attached hydrogens (primary N) is 1. The SMILES string of the molecule is N[C@@H](C(=O)N1CCCC1)[C@@H](O)C1=NC2C=CCCCC2C=C1. The van der Waals surface area contributed by atoms with Crippen LogP contribution in [0.3, 0.4) is 0 Å². The number of likely N-dealkylation sites (tertiary alicyclic amines) is 1. The Labute approximate surface area is 131 Å². The second-order valence-electron chi connectivity index (χ2n) is 6.43. The quantitative estimate of drug-likeness (QED) is 0.764. The van der Waals surface area contributed by atoms with E-state index in [4.69, 9.17) is 5.73 Å². The van der Waals surface area contributed by atoms with Crippen molar-refractivity contribution in [3.8, 4) is 0 Å². The van der Waals surface area contributed by atoms with Gasteiger partial charge in [0.1, 0.15) is 12.1 Å². The minimum Gasteiger partial charge on any atom is -0.385 e. The van der Waals surface area contributed by atoms with Gasteiger partial charge >= 0.3 is 0 Å². The number of aliphatic hydroxyl groups excluding tert-OH is 1. The van der Waals surface area contributed by atoms with Crippen molar-refractivity contribution in [2.75, 3.05) is 13.1 Å². The van der Waals surface area contributed by atoms with Crippen LogP contribution >= 0.6 is 0 Å². The van der Waals surface area contributed by atoms with Crippen molar-refractivity contribution in [2.45, 2.75) is 50.3 Å². The molecule has 0 aromatic rings. The van der Waals surface area contributed by atoms with E-state index < -0.39 is 12.1 Å². The summed E-state index contributed by atoms with van der Waals surface area (Å²) < 4.78 is 0. The summed E-state index contributed by atoms with van der Waals surface area (Å²) in [6.07, 6.45) is 12.6. The highest BCUT2D eigenvalue weighted by atomic mass is 16.3. The Morgan fingerprint density at radius 1 is 1.32 bits per heavy atom. The number of aliphatic hydroxyl groups is 1. The Morgan fingerprint density at radius 2 is 2.09 bits per heavy atom. The van der Waals surface area contributed by atoms with Crippen LogP contribution in [0.1, 0.15) is 32.1 Å². The van der Waals surface area contributed by atoms with E-state index in [1.54, 1.807) is 4.90 Å². The monoisotopic (exact) mass is 303 g/mol. The van der Waals surface area contributed by atoms with E-state index in [1.165, 1.54) is 6.42 Å². The maximum atomic E-state index is 12.3. The molecule has 5 heteroatoms. The van der Waals surface area contributed by atoms with E-state index in [-0.39, 0.29) is 11.9 Å². The smallest absolute Gasteiger partial charge is 0.242 e. The van der Waals surface area contributed by atoms with Crippen molar-refractivity contribution in [3.63, 3.8) is 0 Å². The molecule has 2 heterocycles. The molecule has 1 aliphatic carbocycles. The van der Waals surface area contributed by atoms with Gasteiger partial charge in [0.05, 0.1) is 11.8 Å². The topological polar surface area (TPSA) is 78.9 Å². The molecular formula is C17H25N3O2. The number of fused-ring (bicyclic) bond motifs is 1. The van der Waals surface area contributed by atoms with Gasteiger partial charge in [-0.15, -0.1) is 0 Å². The lowest BCUT2D eigenvalue weighted by Crippen LogP contribution is -2.52. The number of allylic oxidation sites excluding steroid dienone is 1. The van der Waals surface area contributed by atoms with Crippen LogP contribution in [-0.2, 0) is 4.79 Å². The van der Waals surface area contributed by atoms with E-state index in [1.807, 2.05) is 6.08 Å². The van der Waals surface area contributed by atoms with Crippen molar-refractivity contribution >= 4 is 11.6 Å². The van der Waals surface area contributed by atoms with Crippen molar-refractivity contribution in [1.29, 1.82) is 0 Å². The first-order valence-corrected chi connectivity index (χ1v) is 8.32. The van der Waals surface area contributed by atoms with E-state index >= 15 is 0 Å². The molecule has 120 valence electrons. The third-order valence-corrected chi connectivity index (χ3v) is 4.84. The zero-order valence-corrected chi connectivity index (χ0v) is 12.9. The van der Waals surface area contributed by atoms with Crippen LogP contribution in [0.5, 0.6) is 0 Å². The highest BCUT2D eigenvalue weighted by Crippen LogP contribution is 2.26. The summed E-state index contributed by atoms with van der Waals surface area (Å²) in [4.78, 5) is 18.7. The van der Waals surface area contributed by atoms with Crippen LogP contribution in [0.25, 0.3) is 0 Å². The van der Waals surface area contributed by atoms with Crippen molar-refractivity contribution in [3.05, 3.63) is 24.3 Å².